The average molecular weight is 784 g/mol. The largest absolute Gasteiger partial charge is 0.491 e. The molecular formula is C48H48Cl2N4O2. The predicted molar refractivity (Wildman–Crippen MR) is 240 cm³/mol. The van der Waals surface area contributed by atoms with Gasteiger partial charge in [0, 0.05) is 21.5 Å². The lowest BCUT2D eigenvalue weighted by atomic mass is 10.1. The van der Waals surface area contributed by atoms with Gasteiger partial charge in [-0.1, -0.05) is 136 Å². The van der Waals surface area contributed by atoms with Crippen LogP contribution in [0.4, 0.5) is 22.7 Å². The summed E-state index contributed by atoms with van der Waals surface area (Å²) in [5.41, 5.74) is 7.97. The number of nitrogens with zero attached hydrogens (tertiary/aromatic N) is 2. The van der Waals surface area contributed by atoms with Crippen molar-refractivity contribution in [1.29, 1.82) is 0 Å². The smallest absolute Gasteiger partial charge is 0.142 e. The van der Waals surface area contributed by atoms with Crippen LogP contribution in [-0.4, -0.2) is 23.2 Å². The van der Waals surface area contributed by atoms with Crippen molar-refractivity contribution in [3.8, 4) is 11.5 Å². The Labute approximate surface area is 341 Å². The lowest BCUT2D eigenvalue weighted by molar-refractivity contribution is 0.302. The Kier molecular flexibility index (Phi) is 14.2. The predicted octanol–water partition coefficient (Wildman–Crippen LogP) is 14.0. The maximum Gasteiger partial charge on any atom is 0.142 e. The fourth-order valence-electron chi connectivity index (χ4n) is 7.24. The molecule has 0 aliphatic heterocycles. The van der Waals surface area contributed by atoms with E-state index in [0.717, 1.165) is 90.7 Å². The second-order valence-corrected chi connectivity index (χ2v) is 13.8. The summed E-state index contributed by atoms with van der Waals surface area (Å²) >= 11 is 0. The van der Waals surface area contributed by atoms with Gasteiger partial charge in [0.25, 0.3) is 0 Å². The van der Waals surface area contributed by atoms with E-state index in [1.807, 2.05) is 36.4 Å². The highest BCUT2D eigenvalue weighted by molar-refractivity contribution is 6.10. The number of rotatable bonds is 17. The molecule has 0 unspecified atom stereocenters. The van der Waals surface area contributed by atoms with Crippen LogP contribution < -0.4 is 20.1 Å². The van der Waals surface area contributed by atoms with E-state index in [0.29, 0.717) is 13.2 Å². The molecule has 8 heteroatoms. The molecule has 286 valence electrons. The van der Waals surface area contributed by atoms with Gasteiger partial charge in [-0.25, -0.2) is 9.97 Å². The quantitative estimate of drug-likeness (QED) is 0.0708. The lowest BCUT2D eigenvalue weighted by Crippen LogP contribution is -2.02. The van der Waals surface area contributed by atoms with E-state index in [1.165, 1.54) is 38.5 Å². The van der Waals surface area contributed by atoms with Crippen LogP contribution in [0.5, 0.6) is 11.5 Å². The van der Waals surface area contributed by atoms with Gasteiger partial charge in [-0.05, 0) is 61.4 Å². The van der Waals surface area contributed by atoms with Crippen LogP contribution in [0.1, 0.15) is 51.4 Å². The molecule has 0 saturated heterocycles. The van der Waals surface area contributed by atoms with Gasteiger partial charge in [-0.15, -0.1) is 24.8 Å². The minimum Gasteiger partial charge on any atom is -0.491 e. The van der Waals surface area contributed by atoms with Crippen molar-refractivity contribution in [3.63, 3.8) is 0 Å². The molecule has 6 aromatic carbocycles. The first kappa shape index (κ1) is 40.1. The number of anilines is 4. The van der Waals surface area contributed by atoms with Crippen molar-refractivity contribution in [1.82, 2.24) is 9.97 Å². The fraction of sp³-hybridized carbons (Fsp3) is 0.208. The van der Waals surface area contributed by atoms with E-state index in [4.69, 9.17) is 19.4 Å². The Morgan fingerprint density at radius 1 is 0.339 bits per heavy atom. The van der Waals surface area contributed by atoms with E-state index in [2.05, 4.69) is 120 Å². The summed E-state index contributed by atoms with van der Waals surface area (Å²) in [6.07, 6.45) is 9.39. The van der Waals surface area contributed by atoms with E-state index in [1.54, 1.807) is 0 Å². The van der Waals surface area contributed by atoms with Crippen molar-refractivity contribution in [2.24, 2.45) is 0 Å². The number of unbranched alkanes of at least 4 members (excludes halogenated alkanes) is 7. The minimum atomic E-state index is 0. The maximum atomic E-state index is 6.32. The number of pyridine rings is 2. The molecule has 8 aromatic rings. The second kappa shape index (κ2) is 19.9. The number of hydrogen-bond acceptors (Lipinski definition) is 6. The molecule has 2 aromatic heterocycles. The number of hydrogen-bond donors (Lipinski definition) is 2. The molecule has 0 aliphatic carbocycles. The Bertz CT molecular complexity index is 2230. The summed E-state index contributed by atoms with van der Waals surface area (Å²) in [5, 5.41) is 11.8. The first-order valence-electron chi connectivity index (χ1n) is 19.3. The number of ether oxygens (including phenoxy) is 2. The van der Waals surface area contributed by atoms with Crippen LogP contribution in [0, 0.1) is 0 Å². The fourth-order valence-corrected chi connectivity index (χ4v) is 7.24. The Hall–Kier alpha value is -5.56. The summed E-state index contributed by atoms with van der Waals surface area (Å²) in [7, 11) is 0. The topological polar surface area (TPSA) is 68.3 Å². The Morgan fingerprint density at radius 3 is 0.982 bits per heavy atom. The molecule has 0 atom stereocenters. The van der Waals surface area contributed by atoms with Gasteiger partial charge in [0.05, 0.1) is 58.0 Å². The van der Waals surface area contributed by atoms with Crippen LogP contribution in [0.3, 0.4) is 0 Å². The molecule has 0 bridgehead atoms. The minimum absolute atomic E-state index is 0. The van der Waals surface area contributed by atoms with Crippen molar-refractivity contribution in [3.05, 3.63) is 146 Å². The van der Waals surface area contributed by atoms with Crippen LogP contribution in [0.2, 0.25) is 0 Å². The third kappa shape index (κ3) is 9.44. The van der Waals surface area contributed by atoms with E-state index in [9.17, 15) is 0 Å². The van der Waals surface area contributed by atoms with Crippen molar-refractivity contribution >= 4 is 91.2 Å². The van der Waals surface area contributed by atoms with Gasteiger partial charge in [0.1, 0.15) is 11.5 Å². The van der Waals surface area contributed by atoms with Gasteiger partial charge in [-0.3, -0.25) is 0 Å². The Morgan fingerprint density at radius 2 is 0.625 bits per heavy atom. The number of fused-ring (bicyclic) bond motifs is 4. The van der Waals surface area contributed by atoms with Gasteiger partial charge in [-0.2, -0.15) is 0 Å². The summed E-state index contributed by atoms with van der Waals surface area (Å²) < 4.78 is 12.6. The normalized spacial score (nSPS) is 10.9. The highest BCUT2D eigenvalue weighted by atomic mass is 35.5. The summed E-state index contributed by atoms with van der Waals surface area (Å²) in [6.45, 7) is 1.41. The molecule has 8 rings (SSSR count). The Balaban J connectivity index is 0.00000266. The molecule has 0 radical (unpaired) electrons. The average Bonchev–Trinajstić information content (AvgIpc) is 3.22. The van der Waals surface area contributed by atoms with Crippen LogP contribution in [-0.2, 0) is 0 Å². The zero-order valence-electron chi connectivity index (χ0n) is 31.5. The molecule has 6 nitrogen and oxygen atoms in total. The summed E-state index contributed by atoms with van der Waals surface area (Å²) in [6, 6.07) is 49.6. The first-order valence-corrected chi connectivity index (χ1v) is 19.3. The molecular weight excluding hydrogens is 735 g/mol. The summed E-state index contributed by atoms with van der Waals surface area (Å²) in [4.78, 5) is 9.74. The number of aromatic nitrogens is 2. The lowest BCUT2D eigenvalue weighted by Gasteiger charge is -2.16. The van der Waals surface area contributed by atoms with E-state index < -0.39 is 0 Å². The van der Waals surface area contributed by atoms with Gasteiger partial charge in [0.15, 0.2) is 0 Å². The molecule has 0 spiro atoms. The molecule has 0 amide bonds. The van der Waals surface area contributed by atoms with Crippen LogP contribution >= 0.6 is 24.8 Å². The van der Waals surface area contributed by atoms with Crippen LogP contribution in [0.25, 0.3) is 43.6 Å². The molecule has 2 N–H and O–H groups in total. The number of halogens is 2. The molecule has 0 fully saturated rings. The zero-order chi connectivity index (χ0) is 36.4. The number of para-hydroxylation sites is 8. The second-order valence-electron chi connectivity index (χ2n) is 13.8. The highest BCUT2D eigenvalue weighted by Gasteiger charge is 2.13. The van der Waals surface area contributed by atoms with E-state index >= 15 is 0 Å². The van der Waals surface area contributed by atoms with E-state index in [-0.39, 0.29) is 24.8 Å². The maximum absolute atomic E-state index is 6.32. The third-order valence-corrected chi connectivity index (χ3v) is 10.0. The van der Waals surface area contributed by atoms with Crippen molar-refractivity contribution < 1.29 is 9.47 Å². The summed E-state index contributed by atoms with van der Waals surface area (Å²) in [5.74, 6) is 1.75. The van der Waals surface area contributed by atoms with Crippen molar-refractivity contribution in [2.45, 2.75) is 51.4 Å². The van der Waals surface area contributed by atoms with Crippen LogP contribution in [0.15, 0.2) is 146 Å². The standard InChI is InChI=1S/C48H46N4O2.2ClH/c1(3-5-19-33-53-45-31-17-15-29-43(45)51-47-35-21-7-11-25-39(35)49-40-26-12-8-22-36(40)47)2-4-6-20-34-54-46-32-18-16-30-44(46)52-48-37-23-9-13-27-41(37)50-42-28-14-10-24-38(42)48;;/h7-18,21-32H,1-6,19-20,33-34H2,(H,49,51)(H,50,52);2*1H. The van der Waals surface area contributed by atoms with Gasteiger partial charge < -0.3 is 20.1 Å². The van der Waals surface area contributed by atoms with Gasteiger partial charge >= 0.3 is 0 Å². The number of benzene rings is 6. The third-order valence-electron chi connectivity index (χ3n) is 10.0. The molecule has 0 aliphatic rings. The number of nitrogens with one attached hydrogen (secondary N) is 2. The van der Waals surface area contributed by atoms with Crippen molar-refractivity contribution in [2.75, 3.05) is 23.8 Å². The van der Waals surface area contributed by atoms with Gasteiger partial charge in [0.2, 0.25) is 0 Å². The SMILES string of the molecule is Cl.Cl.c1ccc(OCCCCCCCCCCOc2ccccc2Nc2c3ccccc3nc3ccccc23)c(Nc2c3ccccc3nc3ccccc23)c1. The molecule has 0 saturated carbocycles. The molecule has 2 heterocycles. The zero-order valence-corrected chi connectivity index (χ0v) is 33.1. The monoisotopic (exact) mass is 782 g/mol. The first-order chi connectivity index (χ1) is 26.8. The molecule has 56 heavy (non-hydrogen) atoms. The highest BCUT2D eigenvalue weighted by Crippen LogP contribution is 2.37.